The van der Waals surface area contributed by atoms with E-state index in [1.807, 2.05) is 0 Å². The third kappa shape index (κ3) is 2.79. The first-order chi connectivity index (χ1) is 14.0. The van der Waals surface area contributed by atoms with Crippen molar-refractivity contribution in [3.63, 3.8) is 0 Å². The van der Waals surface area contributed by atoms with Crippen molar-refractivity contribution >= 4 is 29.4 Å². The Labute approximate surface area is 168 Å². The third-order valence-electron chi connectivity index (χ3n) is 6.74. The number of hydrogen-bond donors (Lipinski definition) is 1. The monoisotopic (exact) mass is 394 g/mol. The minimum Gasteiger partial charge on any atom is -0.462 e. The van der Waals surface area contributed by atoms with Crippen LogP contribution >= 0.6 is 0 Å². The Morgan fingerprint density at radius 2 is 1.62 bits per heavy atom. The van der Waals surface area contributed by atoms with Gasteiger partial charge in [0, 0.05) is 5.69 Å². The Morgan fingerprint density at radius 1 is 1.03 bits per heavy atom. The number of esters is 1. The summed E-state index contributed by atoms with van der Waals surface area (Å²) in [5.41, 5.74) is 0.878. The molecule has 1 aliphatic heterocycles. The summed E-state index contributed by atoms with van der Waals surface area (Å²) >= 11 is 0. The highest BCUT2D eigenvalue weighted by atomic mass is 16.5. The fraction of sp³-hybridized carbons (Fsp3) is 0.455. The maximum absolute atomic E-state index is 12.9. The Morgan fingerprint density at radius 3 is 2.17 bits per heavy atom. The van der Waals surface area contributed by atoms with Gasteiger partial charge >= 0.3 is 5.97 Å². The molecule has 1 aromatic rings. The van der Waals surface area contributed by atoms with E-state index in [0.717, 1.165) is 11.3 Å². The van der Waals surface area contributed by atoms with Crippen molar-refractivity contribution in [1.82, 2.24) is 4.90 Å². The molecule has 3 fully saturated rings. The van der Waals surface area contributed by atoms with E-state index < -0.39 is 11.9 Å². The van der Waals surface area contributed by atoms with Gasteiger partial charge in [-0.05, 0) is 61.3 Å². The van der Waals surface area contributed by atoms with Crippen molar-refractivity contribution in [2.45, 2.75) is 13.3 Å². The molecule has 1 N–H and O–H groups in total. The van der Waals surface area contributed by atoms with Crippen LogP contribution in [0.3, 0.4) is 0 Å². The molecule has 2 saturated carbocycles. The zero-order chi connectivity index (χ0) is 20.3. The Balaban J connectivity index is 1.24. The van der Waals surface area contributed by atoms with E-state index in [1.165, 1.54) is 0 Å². The fourth-order valence-corrected chi connectivity index (χ4v) is 5.42. The molecule has 7 heteroatoms. The summed E-state index contributed by atoms with van der Waals surface area (Å²) in [6.07, 6.45) is 5.33. The lowest BCUT2D eigenvalue weighted by molar-refractivity contribution is -0.142. The third-order valence-corrected chi connectivity index (χ3v) is 6.74. The number of likely N-dealkylation sites (tertiary alicyclic amines) is 1. The molecule has 4 aliphatic carbocycles. The molecule has 6 atom stereocenters. The number of amides is 3. The molecule has 3 amide bonds. The van der Waals surface area contributed by atoms with Crippen LogP contribution in [0.25, 0.3) is 0 Å². The van der Waals surface area contributed by atoms with Crippen LogP contribution < -0.4 is 5.32 Å². The summed E-state index contributed by atoms with van der Waals surface area (Å²) < 4.78 is 4.93. The number of rotatable bonds is 5. The molecule has 29 heavy (non-hydrogen) atoms. The molecule has 1 saturated heterocycles. The average Bonchev–Trinajstić information content (AvgIpc) is 3.50. The van der Waals surface area contributed by atoms with Crippen molar-refractivity contribution in [2.75, 3.05) is 18.5 Å². The van der Waals surface area contributed by atoms with Gasteiger partial charge in [-0.15, -0.1) is 0 Å². The number of benzene rings is 1. The van der Waals surface area contributed by atoms with Crippen molar-refractivity contribution in [3.05, 3.63) is 42.0 Å². The van der Waals surface area contributed by atoms with Crippen LogP contribution in [-0.4, -0.2) is 41.7 Å². The number of carbonyl (C=O) groups is 4. The van der Waals surface area contributed by atoms with E-state index in [1.54, 1.807) is 31.2 Å². The van der Waals surface area contributed by atoms with Crippen LogP contribution in [0.1, 0.15) is 23.7 Å². The summed E-state index contributed by atoms with van der Waals surface area (Å²) in [5.74, 6) is -0.498. The summed E-state index contributed by atoms with van der Waals surface area (Å²) in [7, 11) is 0. The van der Waals surface area contributed by atoms with Gasteiger partial charge in [0.15, 0.2) is 0 Å². The first-order valence-corrected chi connectivity index (χ1v) is 10.1. The van der Waals surface area contributed by atoms with Gasteiger partial charge in [-0.25, -0.2) is 4.79 Å². The van der Waals surface area contributed by atoms with Crippen LogP contribution in [0, 0.1) is 35.5 Å². The Hall–Kier alpha value is -2.96. The van der Waals surface area contributed by atoms with Crippen molar-refractivity contribution in [2.24, 2.45) is 35.5 Å². The molecule has 1 aromatic carbocycles. The van der Waals surface area contributed by atoms with Gasteiger partial charge in [0.1, 0.15) is 6.54 Å². The highest BCUT2D eigenvalue weighted by Gasteiger charge is 2.67. The number of nitrogens with zero attached hydrogens (tertiary/aromatic N) is 1. The number of imide groups is 1. The molecule has 5 aliphatic rings. The summed E-state index contributed by atoms with van der Waals surface area (Å²) in [5, 5.41) is 2.69. The smallest absolute Gasteiger partial charge is 0.338 e. The minimum atomic E-state index is -0.431. The van der Waals surface area contributed by atoms with Gasteiger partial charge in [0.25, 0.3) is 0 Å². The number of anilines is 1. The van der Waals surface area contributed by atoms with Crippen molar-refractivity contribution in [1.29, 1.82) is 0 Å². The first kappa shape index (κ1) is 18.1. The lowest BCUT2D eigenvalue weighted by Gasteiger charge is -2.37. The maximum Gasteiger partial charge on any atom is 0.338 e. The summed E-state index contributed by atoms with van der Waals surface area (Å²) in [4.78, 5) is 51.1. The van der Waals surface area contributed by atoms with E-state index in [9.17, 15) is 19.2 Å². The molecule has 7 nitrogen and oxygen atoms in total. The maximum atomic E-state index is 12.9. The molecular weight excluding hydrogens is 372 g/mol. The zero-order valence-electron chi connectivity index (χ0n) is 16.0. The SMILES string of the molecule is CCOC(=O)c1ccc(NC(=O)CN2C(=O)[C@@H]3[C@H]4C=C[C@@H]([C@@H]5C[C@H]45)[C@H]3C2=O)cc1. The minimum absolute atomic E-state index is 0.148. The fourth-order valence-electron chi connectivity index (χ4n) is 5.42. The predicted molar refractivity (Wildman–Crippen MR) is 102 cm³/mol. The van der Waals surface area contributed by atoms with Crippen molar-refractivity contribution in [3.8, 4) is 0 Å². The van der Waals surface area contributed by atoms with Crippen LogP contribution in [0.2, 0.25) is 0 Å². The Kier molecular flexibility index (Phi) is 4.08. The van der Waals surface area contributed by atoms with Crippen molar-refractivity contribution < 1.29 is 23.9 Å². The van der Waals surface area contributed by atoms with E-state index >= 15 is 0 Å². The average molecular weight is 394 g/mol. The second-order valence-electron chi connectivity index (χ2n) is 8.26. The molecule has 6 rings (SSSR count). The topological polar surface area (TPSA) is 92.8 Å². The lowest BCUT2D eigenvalue weighted by Crippen LogP contribution is -2.40. The largest absolute Gasteiger partial charge is 0.462 e. The molecule has 0 spiro atoms. The number of hydrogen-bond acceptors (Lipinski definition) is 5. The zero-order valence-corrected chi connectivity index (χ0v) is 16.0. The molecule has 2 bridgehead atoms. The molecule has 0 unspecified atom stereocenters. The van der Waals surface area contributed by atoms with Crippen LogP contribution in [-0.2, 0) is 19.1 Å². The molecule has 0 radical (unpaired) electrons. The van der Waals surface area contributed by atoms with Gasteiger partial charge < -0.3 is 10.1 Å². The van der Waals surface area contributed by atoms with Gasteiger partial charge in [-0.3, -0.25) is 19.3 Å². The second-order valence-corrected chi connectivity index (χ2v) is 8.26. The van der Waals surface area contributed by atoms with E-state index in [2.05, 4.69) is 17.5 Å². The summed E-state index contributed by atoms with van der Waals surface area (Å²) in [6.45, 7) is 1.74. The quantitative estimate of drug-likeness (QED) is 0.467. The Bertz CT molecular complexity index is 901. The first-order valence-electron chi connectivity index (χ1n) is 10.1. The van der Waals surface area contributed by atoms with Gasteiger partial charge in [0.05, 0.1) is 24.0 Å². The standard InChI is InChI=1S/C22H22N2O5/c1-2-29-22(28)11-3-5-12(6-4-11)23-17(25)10-24-20(26)18-13-7-8-14(16-9-15(13)16)19(18)21(24)27/h3-8,13-16,18-19H,2,9-10H2,1H3,(H,23,25)/t13-,14-,15-,16+,18+,19+/m0/s1. The van der Waals surface area contributed by atoms with Crippen LogP contribution in [0.4, 0.5) is 5.69 Å². The number of nitrogens with one attached hydrogen (secondary N) is 1. The molecule has 150 valence electrons. The highest BCUT2D eigenvalue weighted by Crippen LogP contribution is 2.65. The van der Waals surface area contributed by atoms with E-state index in [4.69, 9.17) is 4.74 Å². The highest BCUT2D eigenvalue weighted by molar-refractivity contribution is 6.09. The van der Waals surface area contributed by atoms with E-state index in [-0.39, 0.29) is 48.6 Å². The van der Waals surface area contributed by atoms with Gasteiger partial charge in [-0.1, -0.05) is 12.2 Å². The molecule has 0 aromatic heterocycles. The summed E-state index contributed by atoms with van der Waals surface area (Å²) in [6, 6.07) is 6.30. The number of ether oxygens (including phenoxy) is 1. The second kappa shape index (κ2) is 6.54. The van der Waals surface area contributed by atoms with Crippen LogP contribution in [0.5, 0.6) is 0 Å². The lowest BCUT2D eigenvalue weighted by atomic mass is 9.63. The predicted octanol–water partition coefficient (Wildman–Crippen LogP) is 1.85. The van der Waals surface area contributed by atoms with Gasteiger partial charge in [-0.2, -0.15) is 0 Å². The van der Waals surface area contributed by atoms with Crippen LogP contribution in [0.15, 0.2) is 36.4 Å². The normalized spacial score (nSPS) is 33.3. The number of allylic oxidation sites excluding steroid dienone is 2. The van der Waals surface area contributed by atoms with Gasteiger partial charge in [0.2, 0.25) is 17.7 Å². The molecular formula is C22H22N2O5. The van der Waals surface area contributed by atoms with E-state index in [0.29, 0.717) is 23.1 Å². The number of carbonyl (C=O) groups excluding carboxylic acids is 4. The molecule has 1 heterocycles.